The van der Waals surface area contributed by atoms with Gasteiger partial charge in [-0.05, 0) is 18.2 Å². The minimum absolute atomic E-state index is 0.00886. The average molecular weight is 325 g/mol. The molecule has 1 aromatic heterocycles. The number of alkyl halides is 3. The Labute approximate surface area is 127 Å². The lowest BCUT2D eigenvalue weighted by molar-refractivity contribution is -0.137. The molecule has 1 unspecified atom stereocenters. The van der Waals surface area contributed by atoms with E-state index >= 15 is 0 Å². The number of benzene rings is 1. The first-order chi connectivity index (χ1) is 10.8. The van der Waals surface area contributed by atoms with Gasteiger partial charge in [0.25, 0.3) is 0 Å². The van der Waals surface area contributed by atoms with E-state index in [0.717, 1.165) is 12.1 Å². The van der Waals surface area contributed by atoms with Crippen LogP contribution in [-0.2, 0) is 15.8 Å². The SMILES string of the molecule is O=C1CC(C(=O)Nc2cccc(C(F)(F)F)c2)n2cnnc2N1. The average Bonchev–Trinajstić information content (AvgIpc) is 2.93. The summed E-state index contributed by atoms with van der Waals surface area (Å²) in [5.74, 6) is -0.930. The second-order valence-corrected chi connectivity index (χ2v) is 4.90. The highest BCUT2D eigenvalue weighted by Gasteiger charge is 2.33. The first kappa shape index (κ1) is 15.0. The van der Waals surface area contributed by atoms with Gasteiger partial charge in [0.2, 0.25) is 17.8 Å². The van der Waals surface area contributed by atoms with Crippen LogP contribution in [0, 0.1) is 0 Å². The molecule has 0 radical (unpaired) electrons. The Bertz CT molecular complexity index is 771. The number of aromatic nitrogens is 3. The van der Waals surface area contributed by atoms with Gasteiger partial charge in [-0.1, -0.05) is 6.07 Å². The number of nitrogens with one attached hydrogen (secondary N) is 2. The number of hydrogen-bond donors (Lipinski definition) is 2. The molecule has 0 saturated heterocycles. The fourth-order valence-electron chi connectivity index (χ4n) is 2.23. The van der Waals surface area contributed by atoms with Gasteiger partial charge >= 0.3 is 6.18 Å². The molecule has 0 bridgehead atoms. The number of nitrogens with zero attached hydrogens (tertiary/aromatic N) is 3. The Morgan fingerprint density at radius 3 is 2.91 bits per heavy atom. The fraction of sp³-hybridized carbons (Fsp3) is 0.231. The summed E-state index contributed by atoms with van der Waals surface area (Å²) >= 11 is 0. The zero-order valence-corrected chi connectivity index (χ0v) is 11.5. The van der Waals surface area contributed by atoms with Gasteiger partial charge in [-0.15, -0.1) is 10.2 Å². The van der Waals surface area contributed by atoms with E-state index in [4.69, 9.17) is 0 Å². The van der Waals surface area contributed by atoms with Crippen molar-refractivity contribution in [3.05, 3.63) is 36.2 Å². The van der Waals surface area contributed by atoms with E-state index in [2.05, 4.69) is 20.8 Å². The number of anilines is 2. The van der Waals surface area contributed by atoms with E-state index in [1.807, 2.05) is 0 Å². The third kappa shape index (κ3) is 3.00. The second kappa shape index (κ2) is 5.38. The van der Waals surface area contributed by atoms with Gasteiger partial charge in [0, 0.05) is 5.69 Å². The topological polar surface area (TPSA) is 88.9 Å². The minimum atomic E-state index is -4.51. The van der Waals surface area contributed by atoms with Crippen LogP contribution in [0.2, 0.25) is 0 Å². The molecule has 2 amide bonds. The molecule has 10 heteroatoms. The number of rotatable bonds is 2. The molecule has 0 saturated carbocycles. The van der Waals surface area contributed by atoms with Crippen molar-refractivity contribution in [2.75, 3.05) is 10.6 Å². The highest BCUT2D eigenvalue weighted by atomic mass is 19.4. The highest BCUT2D eigenvalue weighted by Crippen LogP contribution is 2.31. The van der Waals surface area contributed by atoms with Gasteiger partial charge in [0.15, 0.2) is 0 Å². The van der Waals surface area contributed by atoms with Crippen molar-refractivity contribution >= 4 is 23.5 Å². The van der Waals surface area contributed by atoms with Crippen LogP contribution in [0.5, 0.6) is 0 Å². The van der Waals surface area contributed by atoms with Crippen LogP contribution in [0.25, 0.3) is 0 Å². The first-order valence-corrected chi connectivity index (χ1v) is 6.52. The number of carbonyl (C=O) groups is 2. The van der Waals surface area contributed by atoms with Gasteiger partial charge < -0.3 is 5.32 Å². The van der Waals surface area contributed by atoms with Crippen molar-refractivity contribution in [2.45, 2.75) is 18.6 Å². The Kier molecular flexibility index (Phi) is 3.51. The normalized spacial score (nSPS) is 17.3. The number of carbonyl (C=O) groups excluding carboxylic acids is 2. The van der Waals surface area contributed by atoms with E-state index in [1.54, 1.807) is 0 Å². The lowest BCUT2D eigenvalue weighted by Crippen LogP contribution is -2.35. The number of halogens is 3. The molecular weight excluding hydrogens is 315 g/mol. The molecule has 2 heterocycles. The van der Waals surface area contributed by atoms with Crippen molar-refractivity contribution in [3.63, 3.8) is 0 Å². The fourth-order valence-corrected chi connectivity index (χ4v) is 2.23. The van der Waals surface area contributed by atoms with Gasteiger partial charge in [-0.3, -0.25) is 19.5 Å². The minimum Gasteiger partial charge on any atom is -0.324 e. The number of fused-ring (bicyclic) bond motifs is 1. The molecule has 0 aliphatic carbocycles. The summed E-state index contributed by atoms with van der Waals surface area (Å²) in [6.07, 6.45) is -3.39. The van der Waals surface area contributed by atoms with E-state index in [0.29, 0.717) is 0 Å². The van der Waals surface area contributed by atoms with Crippen LogP contribution >= 0.6 is 0 Å². The third-order valence-electron chi connectivity index (χ3n) is 3.30. The van der Waals surface area contributed by atoms with Gasteiger partial charge in [-0.2, -0.15) is 13.2 Å². The van der Waals surface area contributed by atoms with Crippen LogP contribution in [0.3, 0.4) is 0 Å². The first-order valence-electron chi connectivity index (χ1n) is 6.52. The predicted octanol–water partition coefficient (Wildman–Crippen LogP) is 1.82. The molecule has 0 spiro atoms. The summed E-state index contributed by atoms with van der Waals surface area (Å²) in [5.41, 5.74) is -0.882. The van der Waals surface area contributed by atoms with Gasteiger partial charge in [-0.25, -0.2) is 0 Å². The third-order valence-corrected chi connectivity index (χ3v) is 3.30. The largest absolute Gasteiger partial charge is 0.416 e. The van der Waals surface area contributed by atoms with Crippen molar-refractivity contribution in [3.8, 4) is 0 Å². The standard InChI is InChI=1S/C13H10F3N5O2/c14-13(15,16)7-2-1-3-8(4-7)18-11(23)9-5-10(22)19-12-20-17-6-21(9)12/h1-4,6,9H,5H2,(H,18,23)(H,19,20,22). The summed E-state index contributed by atoms with van der Waals surface area (Å²) in [4.78, 5) is 23.8. The maximum Gasteiger partial charge on any atom is 0.416 e. The summed E-state index contributed by atoms with van der Waals surface area (Å²) in [5, 5.41) is 12.1. The monoisotopic (exact) mass is 325 g/mol. The Morgan fingerprint density at radius 2 is 2.17 bits per heavy atom. The summed E-state index contributed by atoms with van der Waals surface area (Å²) in [6, 6.07) is 3.33. The predicted molar refractivity (Wildman–Crippen MR) is 72.4 cm³/mol. The highest BCUT2D eigenvalue weighted by molar-refractivity contribution is 6.00. The van der Waals surface area contributed by atoms with Crippen LogP contribution in [-0.4, -0.2) is 26.6 Å². The second-order valence-electron chi connectivity index (χ2n) is 4.90. The van der Waals surface area contributed by atoms with E-state index < -0.39 is 29.6 Å². The van der Waals surface area contributed by atoms with Crippen LogP contribution in [0.1, 0.15) is 18.0 Å². The maximum atomic E-state index is 12.7. The van der Waals surface area contributed by atoms with Crippen LogP contribution < -0.4 is 10.6 Å². The van der Waals surface area contributed by atoms with E-state index in [-0.39, 0.29) is 18.1 Å². The van der Waals surface area contributed by atoms with Crippen LogP contribution in [0.4, 0.5) is 24.8 Å². The maximum absolute atomic E-state index is 12.7. The molecule has 0 fully saturated rings. The Morgan fingerprint density at radius 1 is 1.39 bits per heavy atom. The molecule has 1 aliphatic heterocycles. The van der Waals surface area contributed by atoms with Crippen molar-refractivity contribution in [1.29, 1.82) is 0 Å². The van der Waals surface area contributed by atoms with E-state index in [9.17, 15) is 22.8 Å². The molecule has 7 nitrogen and oxygen atoms in total. The van der Waals surface area contributed by atoms with Crippen molar-refractivity contribution in [1.82, 2.24) is 14.8 Å². The molecule has 120 valence electrons. The molecule has 3 rings (SSSR count). The van der Waals surface area contributed by atoms with Gasteiger partial charge in [0.1, 0.15) is 12.4 Å². The molecule has 23 heavy (non-hydrogen) atoms. The molecule has 1 atom stereocenters. The molecule has 1 aliphatic rings. The Hall–Kier alpha value is -2.91. The van der Waals surface area contributed by atoms with E-state index in [1.165, 1.54) is 23.0 Å². The van der Waals surface area contributed by atoms with Crippen LogP contribution in [0.15, 0.2) is 30.6 Å². The summed E-state index contributed by atoms with van der Waals surface area (Å²) < 4.78 is 39.4. The quantitative estimate of drug-likeness (QED) is 0.881. The number of hydrogen-bond acceptors (Lipinski definition) is 4. The van der Waals surface area contributed by atoms with Gasteiger partial charge in [0.05, 0.1) is 12.0 Å². The lowest BCUT2D eigenvalue weighted by atomic mass is 10.1. The molecular formula is C13H10F3N5O2. The summed E-state index contributed by atoms with van der Waals surface area (Å²) in [7, 11) is 0. The Balaban J connectivity index is 1.82. The smallest absolute Gasteiger partial charge is 0.324 e. The summed E-state index contributed by atoms with van der Waals surface area (Å²) in [6.45, 7) is 0. The molecule has 2 N–H and O–H groups in total. The lowest BCUT2D eigenvalue weighted by Gasteiger charge is -2.23. The molecule has 1 aromatic carbocycles. The number of amides is 2. The van der Waals surface area contributed by atoms with Crippen molar-refractivity contribution < 1.29 is 22.8 Å². The zero-order chi connectivity index (χ0) is 16.6. The van der Waals surface area contributed by atoms with Crippen molar-refractivity contribution in [2.24, 2.45) is 0 Å². The molecule has 2 aromatic rings. The zero-order valence-electron chi connectivity index (χ0n) is 11.5.